The standard InChI is InChI=1S/C12H8ClNO3/c13-8-5-6-11(14-7-8)17-10-4-2-1-3-9(10)12(15)16/h1-7H,(H,15,16). The highest BCUT2D eigenvalue weighted by molar-refractivity contribution is 6.30. The normalized spacial score (nSPS) is 9.94. The lowest BCUT2D eigenvalue weighted by atomic mass is 10.2. The summed E-state index contributed by atoms with van der Waals surface area (Å²) in [5, 5.41) is 9.46. The molecule has 0 atom stereocenters. The fourth-order valence-electron chi connectivity index (χ4n) is 1.27. The minimum absolute atomic E-state index is 0.0873. The number of pyridine rings is 1. The van der Waals surface area contributed by atoms with Crippen LogP contribution in [-0.2, 0) is 0 Å². The average Bonchev–Trinajstić information content (AvgIpc) is 2.32. The molecule has 0 unspecified atom stereocenters. The van der Waals surface area contributed by atoms with Crippen molar-refractivity contribution in [3.8, 4) is 11.6 Å². The Morgan fingerprint density at radius 1 is 1.24 bits per heavy atom. The van der Waals surface area contributed by atoms with E-state index >= 15 is 0 Å². The lowest BCUT2D eigenvalue weighted by Gasteiger charge is -2.07. The fraction of sp³-hybridized carbons (Fsp3) is 0. The largest absolute Gasteiger partial charge is 0.478 e. The average molecular weight is 250 g/mol. The smallest absolute Gasteiger partial charge is 0.339 e. The van der Waals surface area contributed by atoms with Crippen molar-refractivity contribution in [3.63, 3.8) is 0 Å². The lowest BCUT2D eigenvalue weighted by molar-refractivity contribution is 0.0694. The molecular formula is C12H8ClNO3. The Labute approximate surface area is 102 Å². The van der Waals surface area contributed by atoms with Crippen molar-refractivity contribution in [3.05, 3.63) is 53.2 Å². The van der Waals surface area contributed by atoms with Crippen molar-refractivity contribution in [1.29, 1.82) is 0 Å². The Kier molecular flexibility index (Phi) is 3.25. The minimum atomic E-state index is -1.05. The first-order valence-corrected chi connectivity index (χ1v) is 5.16. The van der Waals surface area contributed by atoms with E-state index in [0.717, 1.165) is 0 Å². The highest BCUT2D eigenvalue weighted by Crippen LogP contribution is 2.24. The van der Waals surface area contributed by atoms with Gasteiger partial charge in [-0.25, -0.2) is 9.78 Å². The number of carboxylic acids is 1. The van der Waals surface area contributed by atoms with Crippen LogP contribution < -0.4 is 4.74 Å². The van der Waals surface area contributed by atoms with E-state index in [4.69, 9.17) is 21.4 Å². The van der Waals surface area contributed by atoms with Crippen LogP contribution in [0.25, 0.3) is 0 Å². The zero-order valence-electron chi connectivity index (χ0n) is 8.63. The number of ether oxygens (including phenoxy) is 1. The molecule has 5 heteroatoms. The first kappa shape index (κ1) is 11.4. The molecule has 0 aliphatic carbocycles. The number of aromatic carboxylic acids is 1. The highest BCUT2D eigenvalue weighted by Gasteiger charge is 2.11. The Balaban J connectivity index is 2.30. The first-order chi connectivity index (χ1) is 8.16. The molecule has 86 valence electrons. The van der Waals surface area contributed by atoms with Crippen LogP contribution in [0.4, 0.5) is 0 Å². The van der Waals surface area contributed by atoms with E-state index in [1.54, 1.807) is 30.3 Å². The van der Waals surface area contributed by atoms with Crippen molar-refractivity contribution in [2.75, 3.05) is 0 Å². The topological polar surface area (TPSA) is 59.4 Å². The zero-order valence-corrected chi connectivity index (χ0v) is 9.39. The maximum atomic E-state index is 10.9. The molecule has 0 saturated carbocycles. The number of benzene rings is 1. The predicted octanol–water partition coefficient (Wildman–Crippen LogP) is 3.23. The number of carboxylic acid groups (broad SMARTS) is 1. The third kappa shape index (κ3) is 2.73. The number of halogens is 1. The van der Waals surface area contributed by atoms with Gasteiger partial charge in [-0.1, -0.05) is 23.7 Å². The fourth-order valence-corrected chi connectivity index (χ4v) is 1.38. The molecule has 1 N–H and O–H groups in total. The summed E-state index contributed by atoms with van der Waals surface area (Å²) in [6.45, 7) is 0. The Morgan fingerprint density at radius 3 is 2.65 bits per heavy atom. The summed E-state index contributed by atoms with van der Waals surface area (Å²) < 4.78 is 5.38. The van der Waals surface area contributed by atoms with E-state index in [1.165, 1.54) is 12.3 Å². The third-order valence-corrected chi connectivity index (χ3v) is 2.26. The van der Waals surface area contributed by atoms with Gasteiger partial charge in [0.2, 0.25) is 5.88 Å². The van der Waals surface area contributed by atoms with Gasteiger partial charge >= 0.3 is 5.97 Å². The van der Waals surface area contributed by atoms with Gasteiger partial charge < -0.3 is 9.84 Å². The molecule has 1 aromatic carbocycles. The lowest BCUT2D eigenvalue weighted by Crippen LogP contribution is -1.99. The molecule has 17 heavy (non-hydrogen) atoms. The Bertz CT molecular complexity index is 540. The maximum absolute atomic E-state index is 10.9. The molecule has 0 radical (unpaired) electrons. The van der Waals surface area contributed by atoms with Crippen molar-refractivity contribution in [1.82, 2.24) is 4.98 Å². The van der Waals surface area contributed by atoms with Gasteiger partial charge in [0.15, 0.2) is 0 Å². The highest BCUT2D eigenvalue weighted by atomic mass is 35.5. The van der Waals surface area contributed by atoms with E-state index in [1.807, 2.05) is 0 Å². The number of hydrogen-bond donors (Lipinski definition) is 1. The molecule has 2 rings (SSSR count). The van der Waals surface area contributed by atoms with Gasteiger partial charge in [-0.2, -0.15) is 0 Å². The van der Waals surface area contributed by atoms with Gasteiger partial charge in [0.25, 0.3) is 0 Å². The van der Waals surface area contributed by atoms with Crippen molar-refractivity contribution in [2.45, 2.75) is 0 Å². The molecular weight excluding hydrogens is 242 g/mol. The summed E-state index contributed by atoms with van der Waals surface area (Å²) in [7, 11) is 0. The SMILES string of the molecule is O=C(O)c1ccccc1Oc1ccc(Cl)cn1. The second-order valence-electron chi connectivity index (χ2n) is 3.22. The molecule has 0 bridgehead atoms. The summed E-state index contributed by atoms with van der Waals surface area (Å²) in [5.74, 6) is -0.507. The Hall–Kier alpha value is -2.07. The first-order valence-electron chi connectivity index (χ1n) is 4.78. The second kappa shape index (κ2) is 4.84. The quantitative estimate of drug-likeness (QED) is 0.907. The monoisotopic (exact) mass is 249 g/mol. The molecule has 4 nitrogen and oxygen atoms in total. The van der Waals surface area contributed by atoms with Crippen LogP contribution in [-0.4, -0.2) is 16.1 Å². The number of hydrogen-bond acceptors (Lipinski definition) is 3. The van der Waals surface area contributed by atoms with Gasteiger partial charge in [0.05, 0.1) is 5.02 Å². The Morgan fingerprint density at radius 2 is 2.00 bits per heavy atom. The van der Waals surface area contributed by atoms with Crippen molar-refractivity contribution < 1.29 is 14.6 Å². The number of para-hydroxylation sites is 1. The van der Waals surface area contributed by atoms with E-state index in [2.05, 4.69) is 4.98 Å². The summed E-state index contributed by atoms with van der Waals surface area (Å²) in [6, 6.07) is 9.55. The van der Waals surface area contributed by atoms with E-state index in [-0.39, 0.29) is 11.3 Å². The second-order valence-corrected chi connectivity index (χ2v) is 3.65. The number of rotatable bonds is 3. The zero-order chi connectivity index (χ0) is 12.3. The van der Waals surface area contributed by atoms with Gasteiger partial charge in [0, 0.05) is 12.3 Å². The van der Waals surface area contributed by atoms with Gasteiger partial charge in [-0.15, -0.1) is 0 Å². The molecule has 0 spiro atoms. The number of aromatic nitrogens is 1. The van der Waals surface area contributed by atoms with Crippen LogP contribution in [0, 0.1) is 0 Å². The molecule has 0 aliphatic rings. The third-order valence-electron chi connectivity index (χ3n) is 2.03. The molecule has 1 heterocycles. The van der Waals surface area contributed by atoms with Crippen LogP contribution in [0.2, 0.25) is 5.02 Å². The predicted molar refractivity (Wildman–Crippen MR) is 62.7 cm³/mol. The maximum Gasteiger partial charge on any atom is 0.339 e. The van der Waals surface area contributed by atoms with Gasteiger partial charge in [-0.3, -0.25) is 0 Å². The van der Waals surface area contributed by atoms with Crippen LogP contribution in [0.5, 0.6) is 11.6 Å². The number of nitrogens with zero attached hydrogens (tertiary/aromatic N) is 1. The van der Waals surface area contributed by atoms with Gasteiger partial charge in [0.1, 0.15) is 11.3 Å². The van der Waals surface area contributed by atoms with E-state index in [9.17, 15) is 4.79 Å². The van der Waals surface area contributed by atoms with Crippen LogP contribution >= 0.6 is 11.6 Å². The van der Waals surface area contributed by atoms with Crippen LogP contribution in [0.15, 0.2) is 42.6 Å². The molecule has 0 saturated heterocycles. The summed E-state index contributed by atoms with van der Waals surface area (Å²) in [6.07, 6.45) is 1.43. The molecule has 1 aromatic heterocycles. The summed E-state index contributed by atoms with van der Waals surface area (Å²) >= 11 is 5.68. The van der Waals surface area contributed by atoms with Crippen molar-refractivity contribution in [2.24, 2.45) is 0 Å². The van der Waals surface area contributed by atoms with Crippen molar-refractivity contribution >= 4 is 17.6 Å². The van der Waals surface area contributed by atoms with E-state index < -0.39 is 5.97 Å². The van der Waals surface area contributed by atoms with Crippen LogP contribution in [0.1, 0.15) is 10.4 Å². The molecule has 0 aliphatic heterocycles. The number of carbonyl (C=O) groups is 1. The molecule has 0 amide bonds. The summed E-state index contributed by atoms with van der Waals surface area (Å²) in [4.78, 5) is 14.9. The molecule has 0 fully saturated rings. The summed E-state index contributed by atoms with van der Waals surface area (Å²) in [5.41, 5.74) is 0.0873. The van der Waals surface area contributed by atoms with Crippen LogP contribution in [0.3, 0.4) is 0 Å². The van der Waals surface area contributed by atoms with E-state index in [0.29, 0.717) is 10.9 Å². The van der Waals surface area contributed by atoms with Gasteiger partial charge in [-0.05, 0) is 18.2 Å². The minimum Gasteiger partial charge on any atom is -0.478 e. The molecule has 2 aromatic rings.